The van der Waals surface area contributed by atoms with Crippen LogP contribution in [0.5, 0.6) is 23.0 Å². The molecule has 0 bridgehead atoms. The van der Waals surface area contributed by atoms with E-state index in [-0.39, 0.29) is 18.2 Å². The molecule has 10 heteroatoms. The average Bonchev–Trinajstić information content (AvgIpc) is 2.66. The van der Waals surface area contributed by atoms with Crippen molar-refractivity contribution in [2.24, 2.45) is 10.7 Å². The van der Waals surface area contributed by atoms with Crippen LogP contribution < -0.4 is 30.0 Å². The highest BCUT2D eigenvalue weighted by molar-refractivity contribution is 5.93. The molecule has 2 aromatic carbocycles. The van der Waals surface area contributed by atoms with Gasteiger partial charge in [-0.15, -0.1) is 13.2 Å². The number of hydrogen-bond acceptors (Lipinski definition) is 5. The summed E-state index contributed by atoms with van der Waals surface area (Å²) in [6.07, 6.45) is -4.83. The quantitative estimate of drug-likeness (QED) is 0.547. The van der Waals surface area contributed by atoms with Gasteiger partial charge in [-0.2, -0.15) is 0 Å². The largest absolute Gasteiger partial charge is 0.573 e. The lowest BCUT2D eigenvalue weighted by Crippen LogP contribution is -2.24. The number of guanidine groups is 1. The van der Waals surface area contributed by atoms with Gasteiger partial charge in [0, 0.05) is 12.1 Å². The average molecular weight is 399 g/mol. The van der Waals surface area contributed by atoms with Crippen LogP contribution >= 0.6 is 0 Å². The Bertz CT molecular complexity index is 816. The van der Waals surface area contributed by atoms with Crippen LogP contribution in [0.15, 0.2) is 41.4 Å². The number of anilines is 1. The third-order valence-electron chi connectivity index (χ3n) is 3.60. The van der Waals surface area contributed by atoms with Crippen LogP contribution in [0.1, 0.15) is 5.56 Å². The third kappa shape index (κ3) is 5.60. The standard InChI is InChI=1S/C18H20F3N3O4/c1-25-11-8-15(26-2)12(16(9-11)27-3)10-23-17(22)24-13-6-4-5-7-14(13)28-18(19,20)21/h4-9H,10H2,1-3H3,(H3,22,23,24). The fourth-order valence-electron chi connectivity index (χ4n) is 2.36. The number of rotatable bonds is 7. The zero-order valence-electron chi connectivity index (χ0n) is 15.5. The number of ether oxygens (including phenoxy) is 4. The zero-order valence-corrected chi connectivity index (χ0v) is 15.5. The van der Waals surface area contributed by atoms with E-state index in [0.29, 0.717) is 22.8 Å². The van der Waals surface area contributed by atoms with E-state index in [1.807, 2.05) is 0 Å². The molecule has 0 atom stereocenters. The zero-order chi connectivity index (χ0) is 20.7. The second kappa shape index (κ2) is 9.07. The lowest BCUT2D eigenvalue weighted by molar-refractivity contribution is -0.274. The summed E-state index contributed by atoms with van der Waals surface area (Å²) in [6, 6.07) is 8.81. The van der Waals surface area contributed by atoms with Gasteiger partial charge in [-0.3, -0.25) is 0 Å². The summed E-state index contributed by atoms with van der Waals surface area (Å²) in [7, 11) is 4.47. The van der Waals surface area contributed by atoms with E-state index in [2.05, 4.69) is 15.0 Å². The molecule has 0 aliphatic carbocycles. The first-order chi connectivity index (χ1) is 13.3. The number of aliphatic imine (C=N–C) groups is 1. The number of nitrogens with two attached hydrogens (primary N) is 1. The summed E-state index contributed by atoms with van der Waals surface area (Å²) in [6.45, 7) is 0.0530. The minimum atomic E-state index is -4.83. The van der Waals surface area contributed by atoms with E-state index in [1.54, 1.807) is 12.1 Å². The Morgan fingerprint density at radius 2 is 1.61 bits per heavy atom. The molecular weight excluding hydrogens is 379 g/mol. The Balaban J connectivity index is 2.23. The van der Waals surface area contributed by atoms with Crippen LogP contribution in [-0.2, 0) is 6.54 Å². The van der Waals surface area contributed by atoms with Gasteiger partial charge in [0.05, 0.1) is 39.1 Å². The number of benzene rings is 2. The Hall–Kier alpha value is -3.30. The maximum absolute atomic E-state index is 12.5. The van der Waals surface area contributed by atoms with E-state index in [1.165, 1.54) is 45.6 Å². The van der Waals surface area contributed by atoms with Crippen LogP contribution in [0.2, 0.25) is 0 Å². The molecule has 0 radical (unpaired) electrons. The number of methoxy groups -OCH3 is 3. The Labute approximate surface area is 159 Å². The SMILES string of the molecule is COc1cc(OC)c(CN=C(N)Nc2ccccc2OC(F)(F)F)c(OC)c1. The van der Waals surface area contributed by atoms with Crippen molar-refractivity contribution in [2.45, 2.75) is 12.9 Å². The summed E-state index contributed by atoms with van der Waals surface area (Å²) >= 11 is 0. The Morgan fingerprint density at radius 1 is 1.00 bits per heavy atom. The first-order valence-electron chi connectivity index (χ1n) is 7.98. The van der Waals surface area contributed by atoms with Gasteiger partial charge in [-0.05, 0) is 12.1 Å². The molecule has 0 saturated heterocycles. The van der Waals surface area contributed by atoms with Crippen LogP contribution in [0.4, 0.5) is 18.9 Å². The van der Waals surface area contributed by atoms with E-state index < -0.39 is 12.1 Å². The van der Waals surface area contributed by atoms with Crippen LogP contribution in [0, 0.1) is 0 Å². The third-order valence-corrected chi connectivity index (χ3v) is 3.60. The first-order valence-corrected chi connectivity index (χ1v) is 7.98. The van der Waals surface area contributed by atoms with Crippen molar-refractivity contribution in [3.63, 3.8) is 0 Å². The van der Waals surface area contributed by atoms with Gasteiger partial charge < -0.3 is 30.0 Å². The normalized spacial score (nSPS) is 11.7. The van der Waals surface area contributed by atoms with Crippen molar-refractivity contribution in [3.8, 4) is 23.0 Å². The maximum atomic E-state index is 12.5. The Kier molecular flexibility index (Phi) is 6.80. The van der Waals surface area contributed by atoms with E-state index in [4.69, 9.17) is 19.9 Å². The molecule has 0 aromatic heterocycles. The summed E-state index contributed by atoms with van der Waals surface area (Å²) in [5.74, 6) is 0.929. The van der Waals surface area contributed by atoms with E-state index in [9.17, 15) is 13.2 Å². The van der Waals surface area contributed by atoms with E-state index in [0.717, 1.165) is 0 Å². The lowest BCUT2D eigenvalue weighted by Gasteiger charge is -2.15. The smallest absolute Gasteiger partial charge is 0.496 e. The van der Waals surface area contributed by atoms with Crippen LogP contribution in [0.3, 0.4) is 0 Å². The van der Waals surface area contributed by atoms with Crippen molar-refractivity contribution in [3.05, 3.63) is 42.0 Å². The molecule has 0 amide bonds. The summed E-state index contributed by atoms with van der Waals surface area (Å²) in [5, 5.41) is 2.60. The van der Waals surface area contributed by atoms with Gasteiger partial charge in [0.25, 0.3) is 0 Å². The molecule has 0 fully saturated rings. The molecule has 0 spiro atoms. The van der Waals surface area contributed by atoms with Crippen LogP contribution in [-0.4, -0.2) is 33.7 Å². The van der Waals surface area contributed by atoms with Gasteiger partial charge >= 0.3 is 6.36 Å². The number of alkyl halides is 3. The topological polar surface area (TPSA) is 87.3 Å². The second-order valence-electron chi connectivity index (χ2n) is 5.38. The monoisotopic (exact) mass is 399 g/mol. The summed E-state index contributed by atoms with van der Waals surface area (Å²) < 4.78 is 57.3. The first kappa shape index (κ1) is 21.0. The number of halogens is 3. The fourth-order valence-corrected chi connectivity index (χ4v) is 2.36. The number of nitrogens with one attached hydrogen (secondary N) is 1. The van der Waals surface area contributed by atoms with Gasteiger partial charge in [-0.1, -0.05) is 12.1 Å². The number of para-hydroxylation sites is 2. The predicted octanol–water partition coefficient (Wildman–Crippen LogP) is 3.54. The summed E-state index contributed by atoms with van der Waals surface area (Å²) in [5.41, 5.74) is 6.44. The lowest BCUT2D eigenvalue weighted by atomic mass is 10.1. The molecular formula is C18H20F3N3O4. The maximum Gasteiger partial charge on any atom is 0.573 e. The molecule has 2 rings (SSSR count). The molecule has 152 valence electrons. The highest BCUT2D eigenvalue weighted by atomic mass is 19.4. The second-order valence-corrected chi connectivity index (χ2v) is 5.38. The van der Waals surface area contributed by atoms with E-state index >= 15 is 0 Å². The van der Waals surface area contributed by atoms with Gasteiger partial charge in [0.2, 0.25) is 0 Å². The molecule has 0 aliphatic heterocycles. The fraction of sp³-hybridized carbons (Fsp3) is 0.278. The molecule has 7 nitrogen and oxygen atoms in total. The highest BCUT2D eigenvalue weighted by Crippen LogP contribution is 2.34. The van der Waals surface area contributed by atoms with Crippen molar-refractivity contribution in [1.82, 2.24) is 0 Å². The summed E-state index contributed by atoms with van der Waals surface area (Å²) in [4.78, 5) is 4.15. The number of hydrogen-bond donors (Lipinski definition) is 2. The molecule has 0 unspecified atom stereocenters. The molecule has 3 N–H and O–H groups in total. The van der Waals surface area contributed by atoms with Gasteiger partial charge in [0.15, 0.2) is 11.7 Å². The van der Waals surface area contributed by atoms with Gasteiger partial charge in [0.1, 0.15) is 17.2 Å². The minimum Gasteiger partial charge on any atom is -0.496 e. The molecule has 28 heavy (non-hydrogen) atoms. The Morgan fingerprint density at radius 3 is 2.14 bits per heavy atom. The van der Waals surface area contributed by atoms with Crippen molar-refractivity contribution >= 4 is 11.6 Å². The molecule has 0 saturated carbocycles. The van der Waals surface area contributed by atoms with Crippen molar-refractivity contribution in [1.29, 1.82) is 0 Å². The van der Waals surface area contributed by atoms with Crippen molar-refractivity contribution < 1.29 is 32.1 Å². The molecule has 2 aromatic rings. The van der Waals surface area contributed by atoms with Crippen LogP contribution in [0.25, 0.3) is 0 Å². The van der Waals surface area contributed by atoms with Crippen molar-refractivity contribution in [2.75, 3.05) is 26.6 Å². The predicted molar refractivity (Wildman–Crippen MR) is 98.2 cm³/mol. The van der Waals surface area contributed by atoms with Gasteiger partial charge in [-0.25, -0.2) is 4.99 Å². The molecule has 0 heterocycles. The highest BCUT2D eigenvalue weighted by Gasteiger charge is 2.32. The number of nitrogens with zero attached hydrogens (tertiary/aromatic N) is 1. The minimum absolute atomic E-state index is 0.0229. The molecule has 0 aliphatic rings.